The zero-order valence-corrected chi connectivity index (χ0v) is 10.6. The van der Waals surface area contributed by atoms with E-state index in [4.69, 9.17) is 0 Å². The Hall–Kier alpha value is -1.01. The lowest BCUT2D eigenvalue weighted by Crippen LogP contribution is -2.27. The van der Waals surface area contributed by atoms with E-state index in [-0.39, 0.29) is 11.3 Å². The lowest BCUT2D eigenvalue weighted by atomic mass is 10.1. The molecule has 1 aliphatic rings. The number of likely N-dealkylation sites (N-methyl/N-ethyl adjacent to an activating group) is 1. The minimum Gasteiger partial charge on any atom is -0.301 e. The fraction of sp³-hybridized carbons (Fsp3) is 0.700. The van der Waals surface area contributed by atoms with E-state index in [0.29, 0.717) is 11.7 Å². The lowest BCUT2D eigenvalue weighted by molar-refractivity contribution is -0.116. The second-order valence-corrected chi connectivity index (χ2v) is 5.52. The average molecular weight is 240 g/mol. The van der Waals surface area contributed by atoms with Crippen molar-refractivity contribution in [2.45, 2.75) is 25.2 Å². The van der Waals surface area contributed by atoms with Gasteiger partial charge in [0, 0.05) is 16.9 Å². The van der Waals surface area contributed by atoms with Crippen molar-refractivity contribution < 1.29 is 4.79 Å². The fourth-order valence-corrected chi connectivity index (χ4v) is 2.10. The maximum absolute atomic E-state index is 11.5. The minimum atomic E-state index is -0.0475. The van der Waals surface area contributed by atoms with Crippen LogP contribution in [0.4, 0.5) is 5.13 Å². The molecule has 6 heteroatoms. The summed E-state index contributed by atoms with van der Waals surface area (Å²) in [6.07, 6.45) is 2.30. The second-order valence-electron chi connectivity index (χ2n) is 4.77. The molecule has 1 N–H and O–H groups in total. The monoisotopic (exact) mass is 240 g/mol. The van der Waals surface area contributed by atoms with Crippen LogP contribution in [0.2, 0.25) is 0 Å². The van der Waals surface area contributed by atoms with Crippen molar-refractivity contribution in [3.63, 3.8) is 0 Å². The van der Waals surface area contributed by atoms with Gasteiger partial charge in [0.05, 0.1) is 6.54 Å². The highest BCUT2D eigenvalue weighted by atomic mass is 32.1. The first-order valence-corrected chi connectivity index (χ1v) is 6.06. The molecule has 0 saturated heterocycles. The van der Waals surface area contributed by atoms with Crippen LogP contribution < -0.4 is 5.32 Å². The number of amides is 1. The van der Waals surface area contributed by atoms with E-state index in [1.165, 1.54) is 11.5 Å². The van der Waals surface area contributed by atoms with Gasteiger partial charge in [-0.3, -0.25) is 10.1 Å². The third-order valence-electron chi connectivity index (χ3n) is 2.67. The van der Waals surface area contributed by atoms with Crippen LogP contribution in [0.1, 0.15) is 25.6 Å². The molecule has 1 saturated carbocycles. The molecule has 1 aliphatic carbocycles. The van der Waals surface area contributed by atoms with Gasteiger partial charge in [0.15, 0.2) is 5.82 Å². The molecule has 16 heavy (non-hydrogen) atoms. The Morgan fingerprint density at radius 3 is 2.81 bits per heavy atom. The summed E-state index contributed by atoms with van der Waals surface area (Å²) >= 11 is 1.26. The summed E-state index contributed by atoms with van der Waals surface area (Å²) in [6, 6.07) is 0. The number of nitrogens with zero attached hydrogens (tertiary/aromatic N) is 3. The molecule has 88 valence electrons. The lowest BCUT2D eigenvalue weighted by Gasteiger charge is -2.07. The van der Waals surface area contributed by atoms with Gasteiger partial charge in [0.25, 0.3) is 0 Å². The maximum Gasteiger partial charge on any atom is 0.240 e. The maximum atomic E-state index is 11.5. The van der Waals surface area contributed by atoms with E-state index in [1.54, 1.807) is 0 Å². The first kappa shape index (κ1) is 11.5. The summed E-state index contributed by atoms with van der Waals surface area (Å²) in [7, 11) is 3.71. The standard InChI is InChI=1S/C10H16N4OS/c1-10(4-5-10)8-12-9(16-13-8)11-7(15)6-14(2)3/h4-6H2,1-3H3,(H,11,12,13,15). The molecule has 1 heterocycles. The van der Waals surface area contributed by atoms with Gasteiger partial charge in [-0.05, 0) is 26.9 Å². The molecule has 0 bridgehead atoms. The van der Waals surface area contributed by atoms with Crippen molar-refractivity contribution in [2.24, 2.45) is 0 Å². The summed E-state index contributed by atoms with van der Waals surface area (Å²) in [5.41, 5.74) is 0.168. The Balaban J connectivity index is 1.95. The SMILES string of the molecule is CN(C)CC(=O)Nc1nc(C2(C)CC2)ns1. The second kappa shape index (κ2) is 4.10. The molecular weight excluding hydrogens is 224 g/mol. The molecule has 0 unspecified atom stereocenters. The highest BCUT2D eigenvalue weighted by molar-refractivity contribution is 7.09. The van der Waals surface area contributed by atoms with Crippen LogP contribution in [0.25, 0.3) is 0 Å². The Labute approximate surface area is 99.0 Å². The Morgan fingerprint density at radius 1 is 1.56 bits per heavy atom. The zero-order chi connectivity index (χ0) is 11.8. The van der Waals surface area contributed by atoms with E-state index in [2.05, 4.69) is 21.6 Å². The average Bonchev–Trinajstić information content (AvgIpc) is 2.75. The third-order valence-corrected chi connectivity index (χ3v) is 3.30. The van der Waals surface area contributed by atoms with E-state index in [1.807, 2.05) is 19.0 Å². The molecule has 1 fully saturated rings. The van der Waals surface area contributed by atoms with Gasteiger partial charge in [-0.1, -0.05) is 6.92 Å². The van der Waals surface area contributed by atoms with E-state index in [9.17, 15) is 4.79 Å². The molecule has 5 nitrogen and oxygen atoms in total. The number of carbonyl (C=O) groups excluding carboxylic acids is 1. The zero-order valence-electron chi connectivity index (χ0n) is 9.78. The Morgan fingerprint density at radius 2 is 2.25 bits per heavy atom. The number of aromatic nitrogens is 2. The fourth-order valence-electron chi connectivity index (χ4n) is 1.38. The third kappa shape index (κ3) is 2.56. The van der Waals surface area contributed by atoms with Crippen LogP contribution in [0.5, 0.6) is 0 Å². The van der Waals surface area contributed by atoms with Crippen molar-refractivity contribution >= 4 is 22.6 Å². The first-order chi connectivity index (χ1) is 7.49. The number of nitrogens with one attached hydrogen (secondary N) is 1. The van der Waals surface area contributed by atoms with E-state index < -0.39 is 0 Å². The highest BCUT2D eigenvalue weighted by Crippen LogP contribution is 2.46. The van der Waals surface area contributed by atoms with Crippen molar-refractivity contribution in [3.05, 3.63) is 5.82 Å². The molecule has 1 aromatic rings. The molecule has 0 radical (unpaired) electrons. The van der Waals surface area contributed by atoms with Crippen LogP contribution in [0, 0.1) is 0 Å². The van der Waals surface area contributed by atoms with Crippen molar-refractivity contribution in [1.29, 1.82) is 0 Å². The van der Waals surface area contributed by atoms with Crippen molar-refractivity contribution in [1.82, 2.24) is 14.3 Å². The van der Waals surface area contributed by atoms with Crippen LogP contribution in [0.3, 0.4) is 0 Å². The Bertz CT molecular complexity index is 397. The van der Waals surface area contributed by atoms with Crippen LogP contribution in [-0.4, -0.2) is 40.8 Å². The molecule has 0 aromatic carbocycles. The Kier molecular flexibility index (Phi) is 2.94. The number of hydrogen-bond donors (Lipinski definition) is 1. The normalized spacial score (nSPS) is 17.5. The number of carbonyl (C=O) groups is 1. The van der Waals surface area contributed by atoms with Gasteiger partial charge in [-0.2, -0.15) is 4.37 Å². The van der Waals surface area contributed by atoms with Gasteiger partial charge < -0.3 is 4.90 Å². The summed E-state index contributed by atoms with van der Waals surface area (Å²) in [4.78, 5) is 17.7. The molecule has 0 atom stereocenters. The largest absolute Gasteiger partial charge is 0.301 e. The number of hydrogen-bond acceptors (Lipinski definition) is 5. The van der Waals surface area contributed by atoms with Crippen LogP contribution in [0.15, 0.2) is 0 Å². The molecule has 1 amide bonds. The molecule has 2 rings (SSSR count). The van der Waals surface area contributed by atoms with Crippen molar-refractivity contribution in [3.8, 4) is 0 Å². The van der Waals surface area contributed by atoms with Gasteiger partial charge >= 0.3 is 0 Å². The van der Waals surface area contributed by atoms with Crippen LogP contribution in [-0.2, 0) is 10.2 Å². The van der Waals surface area contributed by atoms with E-state index in [0.717, 1.165) is 18.7 Å². The van der Waals surface area contributed by atoms with Gasteiger partial charge in [-0.25, -0.2) is 4.98 Å². The van der Waals surface area contributed by atoms with Crippen LogP contribution >= 0.6 is 11.5 Å². The molecular formula is C10H16N4OS. The minimum absolute atomic E-state index is 0.0475. The molecule has 0 spiro atoms. The van der Waals surface area contributed by atoms with E-state index >= 15 is 0 Å². The first-order valence-electron chi connectivity index (χ1n) is 5.28. The number of anilines is 1. The van der Waals surface area contributed by atoms with Crippen molar-refractivity contribution in [2.75, 3.05) is 26.0 Å². The van der Waals surface area contributed by atoms with Gasteiger partial charge in [-0.15, -0.1) is 0 Å². The number of rotatable bonds is 4. The summed E-state index contributed by atoms with van der Waals surface area (Å²) in [6.45, 7) is 2.52. The summed E-state index contributed by atoms with van der Waals surface area (Å²) < 4.78 is 4.28. The highest BCUT2D eigenvalue weighted by Gasteiger charge is 2.42. The molecule has 0 aliphatic heterocycles. The topological polar surface area (TPSA) is 58.1 Å². The van der Waals surface area contributed by atoms with Gasteiger partial charge in [0.2, 0.25) is 11.0 Å². The smallest absolute Gasteiger partial charge is 0.240 e. The molecule has 1 aromatic heterocycles. The summed E-state index contributed by atoms with van der Waals surface area (Å²) in [5, 5.41) is 3.36. The summed E-state index contributed by atoms with van der Waals surface area (Å²) in [5.74, 6) is 0.825. The van der Waals surface area contributed by atoms with Gasteiger partial charge in [0.1, 0.15) is 0 Å². The quantitative estimate of drug-likeness (QED) is 0.856. The predicted octanol–water partition coefficient (Wildman–Crippen LogP) is 1.09. The predicted molar refractivity (Wildman–Crippen MR) is 63.7 cm³/mol.